The van der Waals surface area contributed by atoms with Crippen molar-refractivity contribution in [1.29, 1.82) is 0 Å². The second-order valence-corrected chi connectivity index (χ2v) is 9.05. The number of nitrogens with one attached hydrogen (secondary N) is 1. The number of imide groups is 2. The maximum atomic E-state index is 13.2. The van der Waals surface area contributed by atoms with Gasteiger partial charge in [-0.25, -0.2) is 4.79 Å². The smallest absolute Gasteiger partial charge is 0.331 e. The Morgan fingerprint density at radius 1 is 1.03 bits per heavy atom. The van der Waals surface area contributed by atoms with Crippen LogP contribution in [-0.4, -0.2) is 43.1 Å². The maximum absolute atomic E-state index is 13.2. The van der Waals surface area contributed by atoms with Crippen molar-refractivity contribution in [3.8, 4) is 17.2 Å². The van der Waals surface area contributed by atoms with E-state index in [0.717, 1.165) is 15.8 Å². The fourth-order valence-corrected chi connectivity index (χ4v) is 4.67. The number of rotatable bonds is 9. The normalized spacial score (nSPS) is 14.9. The summed E-state index contributed by atoms with van der Waals surface area (Å²) >= 11 is 6.85. The first-order valence-corrected chi connectivity index (χ1v) is 12.2. The molecule has 0 saturated carbocycles. The van der Waals surface area contributed by atoms with Gasteiger partial charge in [0.2, 0.25) is 0 Å². The second-order valence-electron chi connectivity index (χ2n) is 7.28. The summed E-state index contributed by atoms with van der Waals surface area (Å²) in [6.45, 7) is 4.70. The molecule has 0 radical (unpaired) electrons. The Morgan fingerprint density at radius 2 is 1.79 bits per heavy atom. The average molecular weight is 596 g/mol. The Balaban J connectivity index is 1.93. The molecule has 8 nitrogen and oxygen atoms in total. The van der Waals surface area contributed by atoms with Gasteiger partial charge >= 0.3 is 6.03 Å². The van der Waals surface area contributed by atoms with Gasteiger partial charge in [-0.3, -0.25) is 19.8 Å². The Labute approximate surface area is 214 Å². The lowest BCUT2D eigenvalue weighted by Crippen LogP contribution is -2.53. The van der Waals surface area contributed by atoms with E-state index in [0.29, 0.717) is 46.1 Å². The summed E-state index contributed by atoms with van der Waals surface area (Å²) < 4.78 is 18.1. The Bertz CT molecular complexity index is 1150. The van der Waals surface area contributed by atoms with Crippen LogP contribution in [0.15, 0.2) is 44.9 Å². The highest BCUT2D eigenvalue weighted by atomic mass is 79.9. The number of benzene rings is 2. The first kappa shape index (κ1) is 25.8. The molecule has 1 aliphatic heterocycles. The quantitative estimate of drug-likeness (QED) is 0.321. The van der Waals surface area contributed by atoms with Gasteiger partial charge in [0.1, 0.15) is 11.3 Å². The molecule has 34 heavy (non-hydrogen) atoms. The lowest BCUT2D eigenvalue weighted by molar-refractivity contribution is -0.130. The third-order valence-electron chi connectivity index (χ3n) is 4.84. The number of ether oxygens (including phenoxy) is 3. The number of barbiturate groups is 1. The molecule has 2 aromatic rings. The number of hydrogen-bond acceptors (Lipinski definition) is 6. The van der Waals surface area contributed by atoms with E-state index in [1.54, 1.807) is 30.3 Å². The van der Waals surface area contributed by atoms with Gasteiger partial charge in [-0.15, -0.1) is 0 Å². The van der Waals surface area contributed by atoms with E-state index in [4.69, 9.17) is 14.2 Å². The monoisotopic (exact) mass is 594 g/mol. The van der Waals surface area contributed by atoms with E-state index in [2.05, 4.69) is 37.2 Å². The van der Waals surface area contributed by atoms with Gasteiger partial charge in [0, 0.05) is 10.0 Å². The molecule has 0 unspecified atom stereocenters. The van der Waals surface area contributed by atoms with Crippen molar-refractivity contribution < 1.29 is 28.6 Å². The number of amides is 4. The number of urea groups is 1. The van der Waals surface area contributed by atoms with Crippen molar-refractivity contribution in [2.45, 2.75) is 26.8 Å². The highest BCUT2D eigenvalue weighted by Crippen LogP contribution is 2.35. The van der Waals surface area contributed by atoms with Crippen LogP contribution in [-0.2, 0) is 16.1 Å². The van der Waals surface area contributed by atoms with Crippen LogP contribution in [0.2, 0.25) is 0 Å². The molecule has 0 aliphatic carbocycles. The summed E-state index contributed by atoms with van der Waals surface area (Å²) in [5.74, 6) is 0.0582. The van der Waals surface area contributed by atoms with E-state index in [-0.39, 0.29) is 12.1 Å². The number of nitrogens with zero attached hydrogens (tertiary/aromatic N) is 1. The van der Waals surface area contributed by atoms with E-state index in [9.17, 15) is 14.4 Å². The number of carbonyl (C=O) groups excluding carboxylic acids is 3. The van der Waals surface area contributed by atoms with Crippen LogP contribution in [0.4, 0.5) is 4.79 Å². The zero-order valence-corrected chi connectivity index (χ0v) is 22.1. The van der Waals surface area contributed by atoms with Crippen LogP contribution in [0, 0.1) is 0 Å². The first-order chi connectivity index (χ1) is 16.3. The summed E-state index contributed by atoms with van der Waals surface area (Å²) in [5.41, 5.74) is 0.966. The lowest BCUT2D eigenvalue weighted by atomic mass is 10.1. The fourth-order valence-electron chi connectivity index (χ4n) is 3.30. The Kier molecular flexibility index (Phi) is 8.73. The molecule has 0 spiro atoms. The van der Waals surface area contributed by atoms with Crippen LogP contribution in [0.5, 0.6) is 17.2 Å². The zero-order chi connectivity index (χ0) is 24.8. The van der Waals surface area contributed by atoms with Crippen LogP contribution in [0.1, 0.15) is 31.4 Å². The van der Waals surface area contributed by atoms with Gasteiger partial charge in [-0.1, -0.05) is 28.9 Å². The predicted molar refractivity (Wildman–Crippen MR) is 134 cm³/mol. The topological polar surface area (TPSA) is 94.2 Å². The van der Waals surface area contributed by atoms with Crippen molar-refractivity contribution in [1.82, 2.24) is 10.2 Å². The van der Waals surface area contributed by atoms with Crippen molar-refractivity contribution >= 4 is 55.8 Å². The summed E-state index contributed by atoms with van der Waals surface area (Å²) in [5, 5.41) is 2.24. The fraction of sp³-hybridized carbons (Fsp3) is 0.292. The molecule has 1 N–H and O–H groups in total. The molecule has 180 valence electrons. The van der Waals surface area contributed by atoms with E-state index >= 15 is 0 Å². The minimum absolute atomic E-state index is 0.0554. The summed E-state index contributed by atoms with van der Waals surface area (Å²) in [6.07, 6.45) is 2.26. The predicted octanol–water partition coefficient (Wildman–Crippen LogP) is 5.07. The highest BCUT2D eigenvalue weighted by molar-refractivity contribution is 9.11. The Morgan fingerprint density at radius 3 is 2.47 bits per heavy atom. The van der Waals surface area contributed by atoms with Crippen LogP contribution < -0.4 is 19.5 Å². The third kappa shape index (κ3) is 5.79. The number of carbonyl (C=O) groups is 3. The molecule has 1 aliphatic rings. The molecule has 1 heterocycles. The van der Waals surface area contributed by atoms with Crippen molar-refractivity contribution in [3.63, 3.8) is 0 Å². The maximum Gasteiger partial charge on any atom is 0.331 e. The highest BCUT2D eigenvalue weighted by Gasteiger charge is 2.36. The molecule has 0 aromatic heterocycles. The van der Waals surface area contributed by atoms with Gasteiger partial charge in [0.15, 0.2) is 11.5 Å². The lowest BCUT2D eigenvalue weighted by Gasteiger charge is -2.27. The molecule has 4 amide bonds. The molecule has 1 saturated heterocycles. The SMILES string of the molecule is CCCOc1ccc(CN2C(=O)NC(=O)/C(=C\c3cc(Br)cc(Br)c3OCC)C2=O)cc1OC. The van der Waals surface area contributed by atoms with Crippen molar-refractivity contribution in [3.05, 3.63) is 56.0 Å². The van der Waals surface area contributed by atoms with Gasteiger partial charge < -0.3 is 14.2 Å². The van der Waals surface area contributed by atoms with Gasteiger partial charge in [-0.05, 0) is 65.2 Å². The van der Waals surface area contributed by atoms with Gasteiger partial charge in [-0.2, -0.15) is 0 Å². The standard InChI is InChI=1S/C24H24Br2N2O6/c1-4-8-34-19-7-6-14(9-20(19)32-3)13-28-23(30)17(22(29)27-24(28)31)11-15-10-16(25)12-18(26)21(15)33-5-2/h6-7,9-12H,4-5,8,13H2,1-3H3,(H,27,29,31)/b17-11+. The minimum atomic E-state index is -0.794. The number of hydrogen-bond donors (Lipinski definition) is 1. The van der Waals surface area contributed by atoms with E-state index in [1.165, 1.54) is 13.2 Å². The van der Waals surface area contributed by atoms with Crippen molar-refractivity contribution in [2.75, 3.05) is 20.3 Å². The zero-order valence-electron chi connectivity index (χ0n) is 18.9. The van der Waals surface area contributed by atoms with Crippen LogP contribution in [0.3, 0.4) is 0 Å². The minimum Gasteiger partial charge on any atom is -0.493 e. The summed E-state index contributed by atoms with van der Waals surface area (Å²) in [7, 11) is 1.52. The van der Waals surface area contributed by atoms with Gasteiger partial charge in [0.05, 0.1) is 31.3 Å². The average Bonchev–Trinajstić information content (AvgIpc) is 2.80. The molecule has 3 rings (SSSR count). The molecular weight excluding hydrogens is 572 g/mol. The molecule has 2 aromatic carbocycles. The van der Waals surface area contributed by atoms with Crippen LogP contribution >= 0.6 is 31.9 Å². The summed E-state index contributed by atoms with van der Waals surface area (Å²) in [6, 6.07) is 7.90. The van der Waals surface area contributed by atoms with E-state index in [1.807, 2.05) is 13.8 Å². The molecule has 0 bridgehead atoms. The second kappa shape index (κ2) is 11.5. The van der Waals surface area contributed by atoms with Crippen molar-refractivity contribution in [2.24, 2.45) is 0 Å². The molecule has 10 heteroatoms. The molecule has 1 fully saturated rings. The van der Waals surface area contributed by atoms with Gasteiger partial charge in [0.25, 0.3) is 11.8 Å². The first-order valence-electron chi connectivity index (χ1n) is 10.6. The number of halogens is 2. The largest absolute Gasteiger partial charge is 0.493 e. The molecular formula is C24H24Br2N2O6. The third-order valence-corrected chi connectivity index (χ3v) is 5.89. The van der Waals surface area contributed by atoms with E-state index < -0.39 is 17.8 Å². The Hall–Kier alpha value is -2.85. The summed E-state index contributed by atoms with van der Waals surface area (Å²) in [4.78, 5) is 39.2. The number of methoxy groups -OCH3 is 1. The molecule has 0 atom stereocenters. The van der Waals surface area contributed by atoms with Crippen LogP contribution in [0.25, 0.3) is 6.08 Å².